The lowest BCUT2D eigenvalue weighted by Crippen LogP contribution is -2.06. The molecule has 3 aromatic rings. The topological polar surface area (TPSA) is 105 Å². The van der Waals surface area contributed by atoms with Crippen LogP contribution >= 0.6 is 0 Å². The lowest BCUT2D eigenvalue weighted by Gasteiger charge is -2.08. The van der Waals surface area contributed by atoms with Crippen molar-refractivity contribution in [2.75, 3.05) is 16.0 Å². The number of carbonyl (C=O) groups excluding carboxylic acids is 1. The van der Waals surface area contributed by atoms with E-state index in [1.54, 1.807) is 30.5 Å². The summed E-state index contributed by atoms with van der Waals surface area (Å²) in [5.74, 6) is 2.15. The number of anilines is 5. The molecule has 8 heteroatoms. The first-order valence-corrected chi connectivity index (χ1v) is 7.26. The number of carbonyl (C=O) groups is 1. The molecule has 3 rings (SSSR count). The standard InChI is InChI=1S/C16H16N6O2/c1-10-8-15(22-24-10)20-14-6-7-17-16(21-14)19-13-5-3-4-12(9-13)18-11(2)23/h3-9H,1-2H3,(H,18,23)(H2,17,19,20,21,22). The van der Waals surface area contributed by atoms with Gasteiger partial charge in [0.25, 0.3) is 0 Å². The SMILES string of the molecule is CC(=O)Nc1cccc(Nc2nccc(Nc3cc(C)on3)n2)c1. The van der Waals surface area contributed by atoms with E-state index in [2.05, 4.69) is 31.1 Å². The summed E-state index contributed by atoms with van der Waals surface area (Å²) < 4.78 is 5.00. The van der Waals surface area contributed by atoms with E-state index in [4.69, 9.17) is 4.52 Å². The Morgan fingerprint density at radius 1 is 1.08 bits per heavy atom. The van der Waals surface area contributed by atoms with Crippen LogP contribution in [0.3, 0.4) is 0 Å². The van der Waals surface area contributed by atoms with Gasteiger partial charge in [-0.2, -0.15) is 4.98 Å². The summed E-state index contributed by atoms with van der Waals surface area (Å²) in [6.45, 7) is 3.27. The van der Waals surface area contributed by atoms with Gasteiger partial charge >= 0.3 is 0 Å². The second-order valence-electron chi connectivity index (χ2n) is 5.10. The molecule has 8 nitrogen and oxygen atoms in total. The molecule has 0 aliphatic rings. The molecule has 0 saturated heterocycles. The summed E-state index contributed by atoms with van der Waals surface area (Å²) in [6, 6.07) is 10.8. The third-order valence-corrected chi connectivity index (χ3v) is 2.98. The maximum Gasteiger partial charge on any atom is 0.229 e. The van der Waals surface area contributed by atoms with E-state index < -0.39 is 0 Å². The number of nitrogens with one attached hydrogen (secondary N) is 3. The normalized spacial score (nSPS) is 10.2. The van der Waals surface area contributed by atoms with Crippen LogP contribution in [0.4, 0.5) is 29.0 Å². The largest absolute Gasteiger partial charge is 0.360 e. The Balaban J connectivity index is 1.73. The van der Waals surface area contributed by atoms with Crippen LogP contribution in [0.2, 0.25) is 0 Å². The molecule has 0 unspecified atom stereocenters. The molecule has 0 radical (unpaired) electrons. The highest BCUT2D eigenvalue weighted by Gasteiger charge is 2.04. The second-order valence-corrected chi connectivity index (χ2v) is 5.10. The van der Waals surface area contributed by atoms with E-state index >= 15 is 0 Å². The van der Waals surface area contributed by atoms with Gasteiger partial charge in [-0.25, -0.2) is 4.98 Å². The van der Waals surface area contributed by atoms with Gasteiger partial charge in [0.2, 0.25) is 11.9 Å². The van der Waals surface area contributed by atoms with Gasteiger partial charge in [0, 0.05) is 30.6 Å². The van der Waals surface area contributed by atoms with E-state index in [1.807, 2.05) is 19.1 Å². The Labute approximate surface area is 138 Å². The summed E-state index contributed by atoms with van der Waals surface area (Å²) >= 11 is 0. The average molecular weight is 324 g/mol. The Bertz CT molecular complexity index is 861. The molecule has 24 heavy (non-hydrogen) atoms. The Kier molecular flexibility index (Phi) is 4.37. The lowest BCUT2D eigenvalue weighted by atomic mass is 10.3. The van der Waals surface area contributed by atoms with Gasteiger partial charge in [0.1, 0.15) is 11.6 Å². The van der Waals surface area contributed by atoms with E-state index in [9.17, 15) is 4.79 Å². The molecule has 0 saturated carbocycles. The average Bonchev–Trinajstić information content (AvgIpc) is 2.92. The van der Waals surface area contributed by atoms with Crippen molar-refractivity contribution in [2.24, 2.45) is 0 Å². The molecule has 3 N–H and O–H groups in total. The molecule has 1 amide bonds. The molecule has 0 bridgehead atoms. The van der Waals surface area contributed by atoms with E-state index in [0.717, 1.165) is 5.69 Å². The van der Waals surface area contributed by atoms with Crippen molar-refractivity contribution in [3.05, 3.63) is 48.4 Å². The molecular weight excluding hydrogens is 308 g/mol. The number of hydrogen-bond donors (Lipinski definition) is 3. The van der Waals surface area contributed by atoms with Crippen LogP contribution in [0.15, 0.2) is 47.1 Å². The summed E-state index contributed by atoms with van der Waals surface area (Å²) in [7, 11) is 0. The van der Waals surface area contributed by atoms with Crippen LogP contribution in [0.25, 0.3) is 0 Å². The van der Waals surface area contributed by atoms with Crippen LogP contribution < -0.4 is 16.0 Å². The Morgan fingerprint density at radius 3 is 2.67 bits per heavy atom. The first-order valence-electron chi connectivity index (χ1n) is 7.26. The molecule has 0 aliphatic carbocycles. The summed E-state index contributed by atoms with van der Waals surface area (Å²) in [6.07, 6.45) is 1.63. The monoisotopic (exact) mass is 324 g/mol. The fourth-order valence-electron chi connectivity index (χ4n) is 2.05. The Morgan fingerprint density at radius 2 is 1.92 bits per heavy atom. The fourth-order valence-corrected chi connectivity index (χ4v) is 2.05. The van der Waals surface area contributed by atoms with E-state index in [0.29, 0.717) is 29.0 Å². The number of aromatic nitrogens is 3. The van der Waals surface area contributed by atoms with Gasteiger partial charge in [-0.1, -0.05) is 11.2 Å². The summed E-state index contributed by atoms with van der Waals surface area (Å²) in [5.41, 5.74) is 1.45. The number of amides is 1. The van der Waals surface area contributed by atoms with E-state index in [-0.39, 0.29) is 5.91 Å². The molecule has 0 spiro atoms. The fraction of sp³-hybridized carbons (Fsp3) is 0.125. The molecule has 0 atom stereocenters. The van der Waals surface area contributed by atoms with Crippen molar-refractivity contribution in [3.63, 3.8) is 0 Å². The maximum absolute atomic E-state index is 11.1. The number of hydrogen-bond acceptors (Lipinski definition) is 7. The van der Waals surface area contributed by atoms with Crippen LogP contribution in [0, 0.1) is 6.92 Å². The van der Waals surface area contributed by atoms with Gasteiger partial charge in [-0.05, 0) is 31.2 Å². The van der Waals surface area contributed by atoms with Crippen LogP contribution in [-0.4, -0.2) is 21.0 Å². The minimum atomic E-state index is -0.127. The number of rotatable bonds is 5. The van der Waals surface area contributed by atoms with Crippen molar-refractivity contribution in [3.8, 4) is 0 Å². The van der Waals surface area contributed by atoms with Crippen molar-refractivity contribution < 1.29 is 9.32 Å². The molecule has 2 heterocycles. The van der Waals surface area contributed by atoms with Crippen LogP contribution in [0.1, 0.15) is 12.7 Å². The highest BCUT2D eigenvalue weighted by Crippen LogP contribution is 2.20. The molecule has 0 aliphatic heterocycles. The molecule has 122 valence electrons. The lowest BCUT2D eigenvalue weighted by molar-refractivity contribution is -0.114. The predicted octanol–water partition coefficient (Wildman–Crippen LogP) is 3.22. The Hall–Kier alpha value is -3.42. The first-order chi connectivity index (χ1) is 11.6. The number of aryl methyl sites for hydroxylation is 1. The minimum absolute atomic E-state index is 0.127. The molecule has 2 aromatic heterocycles. The summed E-state index contributed by atoms with van der Waals surface area (Å²) in [4.78, 5) is 19.7. The van der Waals surface area contributed by atoms with Crippen LogP contribution in [0.5, 0.6) is 0 Å². The quantitative estimate of drug-likeness (QED) is 0.661. The van der Waals surface area contributed by atoms with Crippen LogP contribution in [-0.2, 0) is 4.79 Å². The maximum atomic E-state index is 11.1. The zero-order chi connectivity index (χ0) is 16.9. The van der Waals surface area contributed by atoms with Crippen molar-refractivity contribution in [2.45, 2.75) is 13.8 Å². The first kappa shape index (κ1) is 15.5. The predicted molar refractivity (Wildman–Crippen MR) is 90.6 cm³/mol. The zero-order valence-corrected chi connectivity index (χ0v) is 13.2. The van der Waals surface area contributed by atoms with Gasteiger partial charge in [-0.3, -0.25) is 4.79 Å². The van der Waals surface area contributed by atoms with Gasteiger partial charge in [0.05, 0.1) is 0 Å². The van der Waals surface area contributed by atoms with Gasteiger partial charge < -0.3 is 20.5 Å². The number of benzene rings is 1. The van der Waals surface area contributed by atoms with E-state index in [1.165, 1.54) is 6.92 Å². The minimum Gasteiger partial charge on any atom is -0.360 e. The molecule has 0 fully saturated rings. The molecular formula is C16H16N6O2. The van der Waals surface area contributed by atoms with Gasteiger partial charge in [0.15, 0.2) is 5.82 Å². The zero-order valence-electron chi connectivity index (χ0n) is 13.2. The van der Waals surface area contributed by atoms with Crippen molar-refractivity contribution >= 4 is 34.9 Å². The van der Waals surface area contributed by atoms with Crippen molar-refractivity contribution in [1.29, 1.82) is 0 Å². The summed E-state index contributed by atoms with van der Waals surface area (Å²) in [5, 5.41) is 12.7. The van der Waals surface area contributed by atoms with Gasteiger partial charge in [-0.15, -0.1) is 0 Å². The second kappa shape index (κ2) is 6.78. The molecule has 1 aromatic carbocycles. The number of nitrogens with zero attached hydrogens (tertiary/aromatic N) is 3. The highest BCUT2D eigenvalue weighted by molar-refractivity contribution is 5.89. The smallest absolute Gasteiger partial charge is 0.229 e. The highest BCUT2D eigenvalue weighted by atomic mass is 16.5. The third kappa shape index (κ3) is 4.07. The van der Waals surface area contributed by atoms with Crippen molar-refractivity contribution in [1.82, 2.24) is 15.1 Å². The third-order valence-electron chi connectivity index (χ3n) is 2.98.